The van der Waals surface area contributed by atoms with E-state index in [9.17, 15) is 19.6 Å². The van der Waals surface area contributed by atoms with Crippen molar-refractivity contribution >= 4 is 33.6 Å². The van der Waals surface area contributed by atoms with E-state index in [1.165, 1.54) is 43.5 Å². The first-order valence-corrected chi connectivity index (χ1v) is 7.49. The lowest BCUT2D eigenvalue weighted by molar-refractivity contribution is -0.112. The van der Waals surface area contributed by atoms with E-state index in [0.717, 1.165) is 0 Å². The van der Waals surface area contributed by atoms with Gasteiger partial charge in [0.2, 0.25) is 0 Å². The number of phenolic OH excluding ortho intramolecular Hbond substituents is 1. The van der Waals surface area contributed by atoms with E-state index in [4.69, 9.17) is 4.74 Å². The smallest absolute Gasteiger partial charge is 0.266 e. The monoisotopic (exact) mass is 390 g/mol. The number of hydrogen-bond acceptors (Lipinski definition) is 4. The van der Waals surface area contributed by atoms with Crippen molar-refractivity contribution in [3.63, 3.8) is 0 Å². The molecule has 0 aromatic heterocycles. The average Bonchev–Trinajstić information content (AvgIpc) is 2.56. The van der Waals surface area contributed by atoms with Gasteiger partial charge in [-0.2, -0.15) is 5.26 Å². The number of amides is 1. The third-order valence-corrected chi connectivity index (χ3v) is 3.77. The molecule has 7 heteroatoms. The van der Waals surface area contributed by atoms with Crippen LogP contribution in [0.3, 0.4) is 0 Å². The van der Waals surface area contributed by atoms with E-state index in [2.05, 4.69) is 21.2 Å². The molecule has 0 atom stereocenters. The summed E-state index contributed by atoms with van der Waals surface area (Å²) in [6, 6.07) is 10.3. The quantitative estimate of drug-likeness (QED) is 0.613. The number of para-hydroxylation sites is 1. The van der Waals surface area contributed by atoms with Crippen LogP contribution < -0.4 is 10.1 Å². The number of anilines is 1. The number of carbonyl (C=O) groups is 1. The molecule has 0 bridgehead atoms. The maximum absolute atomic E-state index is 13.6. The first-order valence-electron chi connectivity index (χ1n) is 6.70. The number of methoxy groups -OCH3 is 1. The van der Waals surface area contributed by atoms with Crippen LogP contribution in [-0.2, 0) is 4.79 Å². The lowest BCUT2D eigenvalue weighted by Gasteiger charge is -2.08. The van der Waals surface area contributed by atoms with Crippen molar-refractivity contribution in [1.82, 2.24) is 0 Å². The standard InChI is InChI=1S/C17H12BrFN2O3/c1-24-16-7-10(12(18)8-15(16)22)6-11(9-20)17(23)21-14-5-3-2-4-13(14)19/h2-8,22H,1H3,(H,21,23)/b11-6-. The molecule has 0 saturated heterocycles. The summed E-state index contributed by atoms with van der Waals surface area (Å²) in [6.45, 7) is 0. The molecular weight excluding hydrogens is 379 g/mol. The molecule has 2 N–H and O–H groups in total. The molecule has 2 rings (SSSR count). The fraction of sp³-hybridized carbons (Fsp3) is 0.0588. The molecule has 5 nitrogen and oxygen atoms in total. The lowest BCUT2D eigenvalue weighted by Crippen LogP contribution is -2.14. The van der Waals surface area contributed by atoms with Crippen LogP contribution in [0.25, 0.3) is 6.08 Å². The highest BCUT2D eigenvalue weighted by atomic mass is 79.9. The van der Waals surface area contributed by atoms with Crippen molar-refractivity contribution in [2.75, 3.05) is 12.4 Å². The molecule has 0 saturated carbocycles. The number of phenols is 1. The number of benzene rings is 2. The summed E-state index contributed by atoms with van der Waals surface area (Å²) in [5.74, 6) is -1.25. The van der Waals surface area contributed by atoms with Gasteiger partial charge in [-0.05, 0) is 35.9 Å². The number of nitrogens with one attached hydrogen (secondary N) is 1. The van der Waals surface area contributed by atoms with Gasteiger partial charge in [0.25, 0.3) is 5.91 Å². The number of rotatable bonds is 4. The molecule has 2 aromatic rings. The Hall–Kier alpha value is -2.85. The van der Waals surface area contributed by atoms with Gasteiger partial charge in [0.1, 0.15) is 17.5 Å². The van der Waals surface area contributed by atoms with Crippen LogP contribution in [-0.4, -0.2) is 18.1 Å². The highest BCUT2D eigenvalue weighted by Gasteiger charge is 2.14. The fourth-order valence-electron chi connectivity index (χ4n) is 1.89. The van der Waals surface area contributed by atoms with Gasteiger partial charge < -0.3 is 15.2 Å². The molecular formula is C17H12BrFN2O3. The number of aromatic hydroxyl groups is 1. The predicted octanol–water partition coefficient (Wildman–Crippen LogP) is 3.85. The molecule has 0 heterocycles. The number of nitrogens with zero attached hydrogens (tertiary/aromatic N) is 1. The van der Waals surface area contributed by atoms with Gasteiger partial charge in [-0.25, -0.2) is 4.39 Å². The average molecular weight is 391 g/mol. The highest BCUT2D eigenvalue weighted by Crippen LogP contribution is 2.33. The second-order valence-electron chi connectivity index (χ2n) is 4.65. The Bertz CT molecular complexity index is 859. The van der Waals surface area contributed by atoms with Gasteiger partial charge in [0.15, 0.2) is 11.5 Å². The molecule has 0 aliphatic heterocycles. The zero-order valence-electron chi connectivity index (χ0n) is 12.5. The summed E-state index contributed by atoms with van der Waals surface area (Å²) in [7, 11) is 1.38. The number of ether oxygens (including phenoxy) is 1. The highest BCUT2D eigenvalue weighted by molar-refractivity contribution is 9.10. The Labute approximate surface area is 146 Å². The summed E-state index contributed by atoms with van der Waals surface area (Å²) < 4.78 is 19.0. The summed E-state index contributed by atoms with van der Waals surface area (Å²) >= 11 is 3.23. The first-order chi connectivity index (χ1) is 11.5. The normalized spacial score (nSPS) is 10.8. The Balaban J connectivity index is 2.34. The molecule has 0 fully saturated rings. The second kappa shape index (κ2) is 7.62. The zero-order valence-corrected chi connectivity index (χ0v) is 14.1. The van der Waals surface area contributed by atoms with Crippen molar-refractivity contribution < 1.29 is 19.0 Å². The zero-order chi connectivity index (χ0) is 17.7. The van der Waals surface area contributed by atoms with Crippen molar-refractivity contribution in [3.8, 4) is 17.6 Å². The van der Waals surface area contributed by atoms with Gasteiger partial charge >= 0.3 is 0 Å². The fourth-order valence-corrected chi connectivity index (χ4v) is 2.33. The third kappa shape index (κ3) is 3.91. The molecule has 0 radical (unpaired) electrons. The third-order valence-electron chi connectivity index (χ3n) is 3.09. The Morgan fingerprint density at radius 3 is 2.75 bits per heavy atom. The van der Waals surface area contributed by atoms with Crippen LogP contribution in [0.5, 0.6) is 11.5 Å². The van der Waals surface area contributed by atoms with Crippen LogP contribution in [0.1, 0.15) is 5.56 Å². The largest absolute Gasteiger partial charge is 0.504 e. The minimum Gasteiger partial charge on any atom is -0.504 e. The molecule has 0 spiro atoms. The number of halogens is 2. The van der Waals surface area contributed by atoms with Crippen LogP contribution in [0, 0.1) is 17.1 Å². The van der Waals surface area contributed by atoms with E-state index in [1.807, 2.05) is 0 Å². The van der Waals surface area contributed by atoms with E-state index in [-0.39, 0.29) is 22.8 Å². The Kier molecular flexibility index (Phi) is 5.55. The summed E-state index contributed by atoms with van der Waals surface area (Å²) in [4.78, 5) is 12.2. The topological polar surface area (TPSA) is 82.3 Å². The van der Waals surface area contributed by atoms with E-state index in [0.29, 0.717) is 10.0 Å². The van der Waals surface area contributed by atoms with Crippen molar-refractivity contribution in [1.29, 1.82) is 5.26 Å². The number of hydrogen-bond donors (Lipinski definition) is 2. The number of nitriles is 1. The summed E-state index contributed by atoms with van der Waals surface area (Å²) in [6.07, 6.45) is 1.31. The van der Waals surface area contributed by atoms with Gasteiger partial charge in [-0.1, -0.05) is 28.1 Å². The molecule has 2 aromatic carbocycles. The molecule has 0 aliphatic carbocycles. The number of carbonyl (C=O) groups excluding carboxylic acids is 1. The minimum atomic E-state index is -0.749. The van der Waals surface area contributed by atoms with Gasteiger partial charge in [-0.3, -0.25) is 4.79 Å². The van der Waals surface area contributed by atoms with Gasteiger partial charge in [0, 0.05) is 4.47 Å². The summed E-state index contributed by atoms with van der Waals surface area (Å²) in [5, 5.41) is 21.2. The second-order valence-corrected chi connectivity index (χ2v) is 5.50. The predicted molar refractivity (Wildman–Crippen MR) is 91.0 cm³/mol. The molecule has 0 aliphatic rings. The van der Waals surface area contributed by atoms with Crippen LogP contribution >= 0.6 is 15.9 Å². The van der Waals surface area contributed by atoms with Crippen molar-refractivity contribution in [3.05, 3.63) is 57.8 Å². The van der Waals surface area contributed by atoms with Crippen molar-refractivity contribution in [2.45, 2.75) is 0 Å². The van der Waals surface area contributed by atoms with Crippen LogP contribution in [0.15, 0.2) is 46.4 Å². The maximum atomic E-state index is 13.6. The first kappa shape index (κ1) is 17.5. The minimum absolute atomic E-state index is 0.0222. The summed E-state index contributed by atoms with van der Waals surface area (Å²) in [5.41, 5.74) is 0.197. The molecule has 122 valence electrons. The van der Waals surface area contributed by atoms with Crippen LogP contribution in [0.4, 0.5) is 10.1 Å². The molecule has 24 heavy (non-hydrogen) atoms. The van der Waals surface area contributed by atoms with Gasteiger partial charge in [-0.15, -0.1) is 0 Å². The van der Waals surface area contributed by atoms with E-state index in [1.54, 1.807) is 12.1 Å². The van der Waals surface area contributed by atoms with Gasteiger partial charge in [0.05, 0.1) is 12.8 Å². The maximum Gasteiger partial charge on any atom is 0.266 e. The SMILES string of the molecule is COc1cc(/C=C(/C#N)C(=O)Nc2ccccc2F)c(Br)cc1O. The lowest BCUT2D eigenvalue weighted by atomic mass is 10.1. The molecule has 0 unspecified atom stereocenters. The van der Waals surface area contributed by atoms with E-state index >= 15 is 0 Å². The van der Waals surface area contributed by atoms with E-state index < -0.39 is 11.7 Å². The van der Waals surface area contributed by atoms with Crippen LogP contribution in [0.2, 0.25) is 0 Å². The van der Waals surface area contributed by atoms with Crippen molar-refractivity contribution in [2.24, 2.45) is 0 Å². The Morgan fingerprint density at radius 2 is 2.12 bits per heavy atom. The Morgan fingerprint density at radius 1 is 1.42 bits per heavy atom. The molecule has 1 amide bonds.